The topological polar surface area (TPSA) is 55.4 Å². The molecule has 4 nitrogen and oxygen atoms in total. The second-order valence-electron chi connectivity index (χ2n) is 7.75. The zero-order valence-corrected chi connectivity index (χ0v) is 14.3. The summed E-state index contributed by atoms with van der Waals surface area (Å²) in [6, 6.07) is 1.89. The van der Waals surface area contributed by atoms with Gasteiger partial charge < -0.3 is 10.1 Å². The van der Waals surface area contributed by atoms with Crippen molar-refractivity contribution in [1.82, 2.24) is 5.32 Å². The first-order chi connectivity index (χ1) is 11.0. The van der Waals surface area contributed by atoms with E-state index in [1.54, 1.807) is 0 Å². The van der Waals surface area contributed by atoms with E-state index in [9.17, 15) is 9.59 Å². The van der Waals surface area contributed by atoms with E-state index in [-0.39, 0.29) is 18.1 Å². The number of hydrogen-bond donors (Lipinski definition) is 1. The Morgan fingerprint density at radius 1 is 1.22 bits per heavy atom. The van der Waals surface area contributed by atoms with Gasteiger partial charge in [-0.05, 0) is 80.2 Å². The van der Waals surface area contributed by atoms with Crippen molar-refractivity contribution >= 4 is 23.2 Å². The smallest absolute Gasteiger partial charge is 0.349 e. The van der Waals surface area contributed by atoms with E-state index >= 15 is 0 Å². The highest BCUT2D eigenvalue weighted by molar-refractivity contribution is 7.12. The fourth-order valence-electron chi connectivity index (χ4n) is 5.37. The van der Waals surface area contributed by atoms with Gasteiger partial charge in [0.2, 0.25) is 0 Å². The summed E-state index contributed by atoms with van der Waals surface area (Å²) in [5.41, 5.74) is 0.887. The standard InChI is InChI=1S/C18H23NO3S/c1-11-2-3-23-16(11)17(21)22-10-15(20)19-18-7-12-4-13(8-18)6-14(5-12)9-18/h2-3,12-14H,4-10H2,1H3,(H,19,20). The molecular weight excluding hydrogens is 310 g/mol. The first kappa shape index (κ1) is 15.2. The Balaban J connectivity index is 1.34. The molecule has 1 N–H and O–H groups in total. The number of nitrogens with one attached hydrogen (secondary N) is 1. The molecule has 1 amide bonds. The number of rotatable bonds is 4. The van der Waals surface area contributed by atoms with Crippen molar-refractivity contribution in [2.24, 2.45) is 17.8 Å². The SMILES string of the molecule is Cc1ccsc1C(=O)OCC(=O)NC12CC3CC(CC(C3)C1)C2. The molecule has 23 heavy (non-hydrogen) atoms. The lowest BCUT2D eigenvalue weighted by atomic mass is 9.53. The predicted octanol–water partition coefficient (Wildman–Crippen LogP) is 3.30. The third-order valence-electron chi connectivity index (χ3n) is 5.82. The summed E-state index contributed by atoms with van der Waals surface area (Å²) in [7, 11) is 0. The van der Waals surface area contributed by atoms with Gasteiger partial charge in [0.05, 0.1) is 0 Å². The van der Waals surface area contributed by atoms with Gasteiger partial charge in [0.1, 0.15) is 4.88 Å². The largest absolute Gasteiger partial charge is 0.451 e. The van der Waals surface area contributed by atoms with E-state index in [0.29, 0.717) is 4.88 Å². The van der Waals surface area contributed by atoms with E-state index in [2.05, 4.69) is 5.32 Å². The number of amides is 1. The summed E-state index contributed by atoms with van der Waals surface area (Å²) in [5.74, 6) is 1.83. The molecule has 5 heteroatoms. The van der Waals surface area contributed by atoms with Gasteiger partial charge in [-0.15, -0.1) is 11.3 Å². The fraction of sp³-hybridized carbons (Fsp3) is 0.667. The zero-order chi connectivity index (χ0) is 16.0. The third kappa shape index (κ3) is 2.91. The molecule has 0 atom stereocenters. The number of thiophene rings is 1. The van der Waals surface area contributed by atoms with Crippen LogP contribution in [0.4, 0.5) is 0 Å². The second kappa shape index (κ2) is 5.62. The molecule has 4 bridgehead atoms. The maximum atomic E-state index is 12.3. The van der Waals surface area contributed by atoms with Gasteiger partial charge in [0.25, 0.3) is 5.91 Å². The van der Waals surface area contributed by atoms with E-state index < -0.39 is 5.97 Å². The molecule has 1 aromatic heterocycles. The van der Waals surface area contributed by atoms with Gasteiger partial charge in [-0.3, -0.25) is 4.79 Å². The lowest BCUT2D eigenvalue weighted by Gasteiger charge is -2.56. The monoisotopic (exact) mass is 333 g/mol. The molecule has 1 heterocycles. The molecule has 0 spiro atoms. The number of aryl methyl sites for hydroxylation is 1. The van der Waals surface area contributed by atoms with E-state index in [1.165, 1.54) is 30.6 Å². The van der Waals surface area contributed by atoms with Crippen LogP contribution >= 0.6 is 11.3 Å². The van der Waals surface area contributed by atoms with Crippen molar-refractivity contribution < 1.29 is 14.3 Å². The van der Waals surface area contributed by atoms with Crippen LogP contribution in [0.2, 0.25) is 0 Å². The van der Waals surface area contributed by atoms with Gasteiger partial charge in [-0.2, -0.15) is 0 Å². The average molecular weight is 333 g/mol. The molecule has 4 saturated carbocycles. The Morgan fingerprint density at radius 3 is 2.35 bits per heavy atom. The van der Waals surface area contributed by atoms with Gasteiger partial charge >= 0.3 is 5.97 Å². The highest BCUT2D eigenvalue weighted by Gasteiger charge is 2.51. The van der Waals surface area contributed by atoms with Crippen molar-refractivity contribution in [2.75, 3.05) is 6.61 Å². The molecule has 0 radical (unpaired) electrons. The van der Waals surface area contributed by atoms with Crippen molar-refractivity contribution in [3.8, 4) is 0 Å². The highest BCUT2D eigenvalue weighted by Crippen LogP contribution is 2.55. The summed E-state index contributed by atoms with van der Waals surface area (Å²) >= 11 is 1.36. The van der Waals surface area contributed by atoms with E-state index in [4.69, 9.17) is 4.74 Å². The summed E-state index contributed by atoms with van der Waals surface area (Å²) in [5, 5.41) is 5.09. The second-order valence-corrected chi connectivity index (χ2v) is 8.67. The number of hydrogen-bond acceptors (Lipinski definition) is 4. The van der Waals surface area contributed by atoms with Crippen LogP contribution in [0.3, 0.4) is 0 Å². The Hall–Kier alpha value is -1.36. The molecule has 124 valence electrons. The third-order valence-corrected chi connectivity index (χ3v) is 6.82. The van der Waals surface area contributed by atoms with Crippen molar-refractivity contribution in [3.05, 3.63) is 21.9 Å². The van der Waals surface area contributed by atoms with Crippen LogP contribution in [0, 0.1) is 24.7 Å². The van der Waals surface area contributed by atoms with Crippen LogP contribution < -0.4 is 5.32 Å². The van der Waals surface area contributed by atoms with Crippen molar-refractivity contribution in [3.63, 3.8) is 0 Å². The van der Waals surface area contributed by atoms with Crippen molar-refractivity contribution in [2.45, 2.75) is 51.0 Å². The minimum atomic E-state index is -0.391. The van der Waals surface area contributed by atoms with Crippen LogP contribution in [0.1, 0.15) is 53.8 Å². The van der Waals surface area contributed by atoms with Crippen LogP contribution in [0.25, 0.3) is 0 Å². The summed E-state index contributed by atoms with van der Waals surface area (Å²) in [6.45, 7) is 1.71. The zero-order valence-electron chi connectivity index (χ0n) is 13.5. The molecule has 0 aliphatic heterocycles. The highest BCUT2D eigenvalue weighted by atomic mass is 32.1. The normalized spacial score (nSPS) is 34.4. The van der Waals surface area contributed by atoms with E-state index in [0.717, 1.165) is 42.6 Å². The molecule has 4 aliphatic carbocycles. The quantitative estimate of drug-likeness (QED) is 0.860. The van der Waals surface area contributed by atoms with Crippen LogP contribution in [0.5, 0.6) is 0 Å². The minimum Gasteiger partial charge on any atom is -0.451 e. The first-order valence-corrected chi connectivity index (χ1v) is 9.43. The first-order valence-electron chi connectivity index (χ1n) is 8.55. The van der Waals surface area contributed by atoms with Gasteiger partial charge in [0, 0.05) is 5.54 Å². The number of esters is 1. The maximum absolute atomic E-state index is 12.3. The maximum Gasteiger partial charge on any atom is 0.349 e. The summed E-state index contributed by atoms with van der Waals surface area (Å²) < 4.78 is 5.20. The van der Waals surface area contributed by atoms with Crippen LogP contribution in [-0.4, -0.2) is 24.0 Å². The fourth-order valence-corrected chi connectivity index (χ4v) is 6.19. The number of carbonyl (C=O) groups is 2. The molecular formula is C18H23NO3S. The Morgan fingerprint density at radius 2 is 1.83 bits per heavy atom. The predicted molar refractivity (Wildman–Crippen MR) is 88.4 cm³/mol. The molecule has 0 saturated heterocycles. The molecule has 0 unspecified atom stereocenters. The summed E-state index contributed by atoms with van der Waals surface area (Å²) in [4.78, 5) is 24.9. The minimum absolute atomic E-state index is 0.0168. The Bertz CT molecular complexity index is 601. The lowest BCUT2D eigenvalue weighted by Crippen LogP contribution is -2.60. The average Bonchev–Trinajstić information content (AvgIpc) is 2.89. The number of ether oxygens (including phenoxy) is 1. The summed E-state index contributed by atoms with van der Waals surface area (Å²) in [6.07, 6.45) is 7.39. The van der Waals surface area contributed by atoms with Crippen LogP contribution in [-0.2, 0) is 9.53 Å². The van der Waals surface area contributed by atoms with Gasteiger partial charge in [-0.1, -0.05) is 0 Å². The van der Waals surface area contributed by atoms with Gasteiger partial charge in [0.15, 0.2) is 6.61 Å². The molecule has 4 fully saturated rings. The Labute approximate surface area is 140 Å². The molecule has 4 aliphatic rings. The number of carbonyl (C=O) groups excluding carboxylic acids is 2. The van der Waals surface area contributed by atoms with Gasteiger partial charge in [-0.25, -0.2) is 4.79 Å². The molecule has 1 aromatic rings. The Kier molecular flexibility index (Phi) is 3.71. The molecule has 0 aromatic carbocycles. The van der Waals surface area contributed by atoms with Crippen LogP contribution in [0.15, 0.2) is 11.4 Å². The lowest BCUT2D eigenvalue weighted by molar-refractivity contribution is -0.130. The van der Waals surface area contributed by atoms with Crippen molar-refractivity contribution in [1.29, 1.82) is 0 Å². The van der Waals surface area contributed by atoms with E-state index in [1.807, 2.05) is 18.4 Å². The molecule has 5 rings (SSSR count).